The molecule has 0 radical (unpaired) electrons. The second kappa shape index (κ2) is 6.07. The standard InChI is InChI=1S/C14H10ClN3OS/c15-11-6-2-1-5-10(11)9-20-14-18-17-13(19-14)12-7-3-4-8-16-12/h1-8H,9H2. The molecule has 1 aromatic carbocycles. The van der Waals surface area contributed by atoms with Gasteiger partial charge >= 0.3 is 0 Å². The number of nitrogens with zero attached hydrogens (tertiary/aromatic N) is 3. The van der Waals surface area contributed by atoms with E-state index >= 15 is 0 Å². The maximum atomic E-state index is 6.10. The molecule has 0 amide bonds. The van der Waals surface area contributed by atoms with Gasteiger partial charge in [0.1, 0.15) is 5.69 Å². The molecule has 6 heteroatoms. The van der Waals surface area contributed by atoms with Crippen LogP contribution in [-0.4, -0.2) is 15.2 Å². The fourth-order valence-corrected chi connectivity index (χ4v) is 2.66. The quantitative estimate of drug-likeness (QED) is 0.680. The fourth-order valence-electron chi connectivity index (χ4n) is 1.62. The molecule has 0 aliphatic carbocycles. The molecule has 0 saturated heterocycles. The highest BCUT2D eigenvalue weighted by molar-refractivity contribution is 7.98. The van der Waals surface area contributed by atoms with Crippen LogP contribution in [0.1, 0.15) is 5.56 Å². The normalized spacial score (nSPS) is 10.7. The molecule has 4 nitrogen and oxygen atoms in total. The topological polar surface area (TPSA) is 51.8 Å². The van der Waals surface area contributed by atoms with Crippen molar-refractivity contribution in [3.05, 3.63) is 59.2 Å². The monoisotopic (exact) mass is 303 g/mol. The van der Waals surface area contributed by atoms with Crippen molar-refractivity contribution in [2.24, 2.45) is 0 Å². The van der Waals surface area contributed by atoms with Crippen molar-refractivity contribution in [3.63, 3.8) is 0 Å². The number of pyridine rings is 1. The smallest absolute Gasteiger partial charge is 0.277 e. The zero-order valence-electron chi connectivity index (χ0n) is 10.4. The second-order valence-electron chi connectivity index (χ2n) is 3.97. The predicted octanol–water partition coefficient (Wildman–Crippen LogP) is 4.08. The van der Waals surface area contributed by atoms with Gasteiger partial charge in [0.25, 0.3) is 11.1 Å². The lowest BCUT2D eigenvalue weighted by Gasteiger charge is -2.00. The molecule has 0 N–H and O–H groups in total. The maximum Gasteiger partial charge on any atom is 0.277 e. The molecule has 2 aromatic heterocycles. The number of hydrogen-bond donors (Lipinski definition) is 0. The third-order valence-electron chi connectivity index (χ3n) is 2.60. The number of benzene rings is 1. The summed E-state index contributed by atoms with van der Waals surface area (Å²) in [4.78, 5) is 4.17. The first-order valence-corrected chi connectivity index (χ1v) is 7.30. The van der Waals surface area contributed by atoms with Crippen molar-refractivity contribution < 1.29 is 4.42 Å². The average molecular weight is 304 g/mol. The lowest BCUT2D eigenvalue weighted by atomic mass is 10.2. The summed E-state index contributed by atoms with van der Waals surface area (Å²) < 4.78 is 5.57. The zero-order valence-corrected chi connectivity index (χ0v) is 11.9. The van der Waals surface area contributed by atoms with E-state index in [-0.39, 0.29) is 0 Å². The Morgan fingerprint density at radius 2 is 1.90 bits per heavy atom. The molecule has 0 bridgehead atoms. The van der Waals surface area contributed by atoms with Gasteiger partial charge in [-0.2, -0.15) is 0 Å². The Kier molecular flexibility index (Phi) is 3.99. The Bertz CT molecular complexity index is 702. The summed E-state index contributed by atoms with van der Waals surface area (Å²) in [5, 5.41) is 9.23. The predicted molar refractivity (Wildman–Crippen MR) is 78.5 cm³/mol. The molecule has 0 aliphatic rings. The van der Waals surface area contributed by atoms with E-state index in [1.54, 1.807) is 6.20 Å². The van der Waals surface area contributed by atoms with Crippen molar-refractivity contribution in [1.82, 2.24) is 15.2 Å². The van der Waals surface area contributed by atoms with Crippen molar-refractivity contribution >= 4 is 23.4 Å². The highest BCUT2D eigenvalue weighted by atomic mass is 35.5. The van der Waals surface area contributed by atoms with Crippen LogP contribution in [0.4, 0.5) is 0 Å². The molecule has 0 atom stereocenters. The first-order chi connectivity index (χ1) is 9.83. The number of aromatic nitrogens is 3. The van der Waals surface area contributed by atoms with Crippen LogP contribution in [0.25, 0.3) is 11.6 Å². The second-order valence-corrected chi connectivity index (χ2v) is 5.30. The Balaban J connectivity index is 1.71. The van der Waals surface area contributed by atoms with Gasteiger partial charge in [-0.05, 0) is 23.8 Å². The summed E-state index contributed by atoms with van der Waals surface area (Å²) in [6.45, 7) is 0. The van der Waals surface area contributed by atoms with Gasteiger partial charge < -0.3 is 4.42 Å². The summed E-state index contributed by atoms with van der Waals surface area (Å²) in [5.74, 6) is 1.11. The molecular weight excluding hydrogens is 294 g/mol. The van der Waals surface area contributed by atoms with Gasteiger partial charge in [0.05, 0.1) is 0 Å². The van der Waals surface area contributed by atoms with E-state index in [0.717, 1.165) is 10.6 Å². The first-order valence-electron chi connectivity index (χ1n) is 5.94. The van der Waals surface area contributed by atoms with Crippen molar-refractivity contribution in [2.75, 3.05) is 0 Å². The van der Waals surface area contributed by atoms with E-state index in [1.165, 1.54) is 11.8 Å². The molecular formula is C14H10ClN3OS. The molecule has 3 rings (SSSR count). The summed E-state index contributed by atoms with van der Waals surface area (Å²) in [7, 11) is 0. The van der Waals surface area contributed by atoms with Crippen molar-refractivity contribution in [3.8, 4) is 11.6 Å². The van der Waals surface area contributed by atoms with Crippen LogP contribution >= 0.6 is 23.4 Å². The van der Waals surface area contributed by atoms with Crippen molar-refractivity contribution in [2.45, 2.75) is 11.0 Å². The highest BCUT2D eigenvalue weighted by Gasteiger charge is 2.10. The van der Waals surface area contributed by atoms with Gasteiger partial charge in [0.2, 0.25) is 0 Å². The minimum Gasteiger partial charge on any atom is -0.410 e. The van der Waals surface area contributed by atoms with Crippen LogP contribution in [0, 0.1) is 0 Å². The van der Waals surface area contributed by atoms with Gasteiger partial charge in [0, 0.05) is 17.0 Å². The van der Waals surface area contributed by atoms with Crippen LogP contribution in [0.5, 0.6) is 0 Å². The van der Waals surface area contributed by atoms with E-state index in [9.17, 15) is 0 Å². The third kappa shape index (κ3) is 3.00. The lowest BCUT2D eigenvalue weighted by Crippen LogP contribution is -1.81. The summed E-state index contributed by atoms with van der Waals surface area (Å²) in [6.07, 6.45) is 1.69. The van der Waals surface area contributed by atoms with E-state index in [2.05, 4.69) is 15.2 Å². The van der Waals surface area contributed by atoms with Crippen LogP contribution in [0.2, 0.25) is 5.02 Å². The Labute approximate surface area is 125 Å². The van der Waals surface area contributed by atoms with Crippen molar-refractivity contribution in [1.29, 1.82) is 0 Å². The minimum atomic E-state index is 0.423. The Morgan fingerprint density at radius 1 is 1.05 bits per heavy atom. The zero-order chi connectivity index (χ0) is 13.8. The van der Waals surface area contributed by atoms with Gasteiger partial charge in [-0.25, -0.2) is 0 Å². The largest absolute Gasteiger partial charge is 0.410 e. The number of hydrogen-bond acceptors (Lipinski definition) is 5. The average Bonchev–Trinajstić information content (AvgIpc) is 2.96. The van der Waals surface area contributed by atoms with Crippen LogP contribution < -0.4 is 0 Å². The van der Waals surface area contributed by atoms with Gasteiger partial charge in [-0.3, -0.25) is 4.98 Å². The van der Waals surface area contributed by atoms with Crippen LogP contribution in [0.3, 0.4) is 0 Å². The third-order valence-corrected chi connectivity index (χ3v) is 3.84. The Hall–Kier alpha value is -1.85. The lowest BCUT2D eigenvalue weighted by molar-refractivity contribution is 0.464. The van der Waals surface area contributed by atoms with Gasteiger partial charge in [-0.1, -0.05) is 47.6 Å². The molecule has 0 fully saturated rings. The summed E-state index contributed by atoms with van der Waals surface area (Å²) in [6, 6.07) is 13.2. The summed E-state index contributed by atoms with van der Waals surface area (Å²) >= 11 is 7.55. The Morgan fingerprint density at radius 3 is 2.70 bits per heavy atom. The first kappa shape index (κ1) is 13.1. The number of thioether (sulfide) groups is 1. The summed E-state index contributed by atoms with van der Waals surface area (Å²) in [5.41, 5.74) is 1.71. The number of halogens is 1. The number of rotatable bonds is 4. The molecule has 0 spiro atoms. The van der Waals surface area contributed by atoms with E-state index in [1.807, 2.05) is 42.5 Å². The molecule has 20 heavy (non-hydrogen) atoms. The molecule has 0 aliphatic heterocycles. The molecule has 0 unspecified atom stereocenters. The van der Waals surface area contributed by atoms with E-state index in [4.69, 9.17) is 16.0 Å². The molecule has 2 heterocycles. The fraction of sp³-hybridized carbons (Fsp3) is 0.0714. The van der Waals surface area contributed by atoms with Gasteiger partial charge in [-0.15, -0.1) is 10.2 Å². The van der Waals surface area contributed by atoms with Crippen LogP contribution in [-0.2, 0) is 5.75 Å². The molecule has 0 saturated carbocycles. The maximum absolute atomic E-state index is 6.10. The van der Waals surface area contributed by atoms with Gasteiger partial charge in [0.15, 0.2) is 0 Å². The minimum absolute atomic E-state index is 0.423. The molecule has 100 valence electrons. The van der Waals surface area contributed by atoms with E-state index < -0.39 is 0 Å². The van der Waals surface area contributed by atoms with Crippen LogP contribution in [0.15, 0.2) is 58.3 Å². The SMILES string of the molecule is Clc1ccccc1CSc1nnc(-c2ccccn2)o1. The molecule has 3 aromatic rings. The highest BCUT2D eigenvalue weighted by Crippen LogP contribution is 2.27. The van der Waals surface area contributed by atoms with E-state index in [0.29, 0.717) is 22.6 Å².